The number of hydrogen-bond donors (Lipinski definition) is 1. The first-order valence-electron chi connectivity index (χ1n) is 10.2. The summed E-state index contributed by atoms with van der Waals surface area (Å²) in [6.07, 6.45) is 3.05. The zero-order valence-electron chi connectivity index (χ0n) is 17.9. The monoisotopic (exact) mass is 433 g/mol. The van der Waals surface area contributed by atoms with Crippen LogP contribution in [0.1, 0.15) is 28.4 Å². The van der Waals surface area contributed by atoms with E-state index in [1.54, 1.807) is 24.3 Å². The van der Waals surface area contributed by atoms with Crippen molar-refractivity contribution in [3.8, 4) is 11.5 Å². The van der Waals surface area contributed by atoms with Gasteiger partial charge in [-0.1, -0.05) is 30.3 Å². The average Bonchev–Trinajstić information content (AvgIpc) is 2.79. The van der Waals surface area contributed by atoms with E-state index < -0.39 is 5.82 Å². The molecule has 0 spiro atoms. The molecular weight excluding hydrogens is 409 g/mol. The van der Waals surface area contributed by atoms with Crippen LogP contribution in [-0.2, 0) is 4.79 Å². The molecule has 0 atom stereocenters. The smallest absolute Gasteiger partial charge is 0.262 e. The number of amides is 1. The maximum Gasteiger partial charge on any atom is 0.262 e. The number of carbonyl (C=O) groups excluding carboxylic acids is 2. The number of aryl methyl sites for hydroxylation is 1. The Bertz CT molecular complexity index is 1120. The van der Waals surface area contributed by atoms with Gasteiger partial charge >= 0.3 is 0 Å². The van der Waals surface area contributed by atoms with E-state index in [4.69, 9.17) is 9.47 Å². The van der Waals surface area contributed by atoms with Gasteiger partial charge in [0.1, 0.15) is 5.82 Å². The standard InChI is InChI=1S/C26H24FNO4/c1-3-31-25-16-19(8-14-23(29)20-10-12-21(27)13-11-20)9-15-24(25)32-17-26(30)28-22-7-5-4-6-18(22)2/h4-16H,3,17H2,1-2H3,(H,28,30)/b14-8+. The van der Waals surface area contributed by atoms with E-state index >= 15 is 0 Å². The first-order chi connectivity index (χ1) is 15.5. The van der Waals surface area contributed by atoms with Gasteiger partial charge in [0, 0.05) is 11.3 Å². The number of anilines is 1. The van der Waals surface area contributed by atoms with Gasteiger partial charge in [0.15, 0.2) is 23.9 Å². The zero-order chi connectivity index (χ0) is 22.9. The van der Waals surface area contributed by atoms with Gasteiger partial charge in [-0.15, -0.1) is 0 Å². The van der Waals surface area contributed by atoms with Gasteiger partial charge in [0.25, 0.3) is 5.91 Å². The van der Waals surface area contributed by atoms with Crippen LogP contribution in [0.2, 0.25) is 0 Å². The van der Waals surface area contributed by atoms with E-state index in [0.29, 0.717) is 23.7 Å². The van der Waals surface area contributed by atoms with Crippen molar-refractivity contribution in [1.29, 1.82) is 0 Å². The van der Waals surface area contributed by atoms with E-state index in [1.807, 2.05) is 38.1 Å². The molecule has 164 valence electrons. The molecule has 5 nitrogen and oxygen atoms in total. The summed E-state index contributed by atoms with van der Waals surface area (Å²) in [6.45, 7) is 3.99. The molecule has 0 aliphatic rings. The molecule has 0 saturated carbocycles. The van der Waals surface area contributed by atoms with E-state index in [0.717, 1.165) is 16.8 Å². The number of para-hydroxylation sites is 1. The minimum Gasteiger partial charge on any atom is -0.490 e. The molecule has 3 aromatic rings. The van der Waals surface area contributed by atoms with Crippen LogP contribution in [-0.4, -0.2) is 24.9 Å². The van der Waals surface area contributed by atoms with Crippen molar-refractivity contribution < 1.29 is 23.5 Å². The van der Waals surface area contributed by atoms with Crippen LogP contribution in [0.5, 0.6) is 11.5 Å². The van der Waals surface area contributed by atoms with Crippen molar-refractivity contribution in [3.05, 3.63) is 95.3 Å². The minimum atomic E-state index is -0.393. The molecule has 1 amide bonds. The molecule has 0 aliphatic carbocycles. The second kappa shape index (κ2) is 10.9. The highest BCUT2D eigenvalue weighted by atomic mass is 19.1. The lowest BCUT2D eigenvalue weighted by Gasteiger charge is -2.13. The Kier molecular flexibility index (Phi) is 7.75. The predicted molar refractivity (Wildman–Crippen MR) is 123 cm³/mol. The highest BCUT2D eigenvalue weighted by Crippen LogP contribution is 2.29. The van der Waals surface area contributed by atoms with Crippen LogP contribution in [0, 0.1) is 12.7 Å². The van der Waals surface area contributed by atoms with Gasteiger partial charge in [0.2, 0.25) is 0 Å². The number of rotatable bonds is 9. The van der Waals surface area contributed by atoms with Crippen LogP contribution in [0.4, 0.5) is 10.1 Å². The molecule has 3 aromatic carbocycles. The second-order valence-corrected chi connectivity index (χ2v) is 7.00. The molecule has 3 rings (SSSR count). The molecule has 0 heterocycles. The number of carbonyl (C=O) groups is 2. The first-order valence-corrected chi connectivity index (χ1v) is 10.2. The molecule has 32 heavy (non-hydrogen) atoms. The van der Waals surface area contributed by atoms with Gasteiger partial charge in [0.05, 0.1) is 6.61 Å². The first kappa shape index (κ1) is 22.7. The van der Waals surface area contributed by atoms with Gasteiger partial charge in [-0.05, 0) is 73.5 Å². The fourth-order valence-corrected chi connectivity index (χ4v) is 2.94. The highest BCUT2D eigenvalue weighted by molar-refractivity contribution is 6.06. The maximum atomic E-state index is 13.0. The Morgan fingerprint density at radius 3 is 2.44 bits per heavy atom. The average molecular weight is 433 g/mol. The van der Waals surface area contributed by atoms with Crippen molar-refractivity contribution >= 4 is 23.5 Å². The lowest BCUT2D eigenvalue weighted by atomic mass is 10.1. The molecule has 0 aromatic heterocycles. The normalized spacial score (nSPS) is 10.7. The molecule has 0 bridgehead atoms. The van der Waals surface area contributed by atoms with Crippen molar-refractivity contribution in [2.24, 2.45) is 0 Å². The van der Waals surface area contributed by atoms with Crippen LogP contribution >= 0.6 is 0 Å². The van der Waals surface area contributed by atoms with E-state index in [2.05, 4.69) is 5.32 Å². The van der Waals surface area contributed by atoms with Crippen LogP contribution in [0.25, 0.3) is 6.08 Å². The second-order valence-electron chi connectivity index (χ2n) is 7.00. The fourth-order valence-electron chi connectivity index (χ4n) is 2.94. The summed E-state index contributed by atoms with van der Waals surface area (Å²) in [7, 11) is 0. The number of hydrogen-bond acceptors (Lipinski definition) is 4. The Balaban J connectivity index is 1.66. The number of halogens is 1. The largest absolute Gasteiger partial charge is 0.490 e. The summed E-state index contributed by atoms with van der Waals surface area (Å²) in [5.74, 6) is -0.0248. The quantitative estimate of drug-likeness (QED) is 0.360. The molecule has 0 fully saturated rings. The predicted octanol–water partition coefficient (Wildman–Crippen LogP) is 5.45. The molecule has 1 N–H and O–H groups in total. The van der Waals surface area contributed by atoms with Gasteiger partial charge in [-0.2, -0.15) is 0 Å². The number of ketones is 1. The van der Waals surface area contributed by atoms with E-state index in [-0.39, 0.29) is 18.3 Å². The maximum absolute atomic E-state index is 13.0. The highest BCUT2D eigenvalue weighted by Gasteiger charge is 2.10. The van der Waals surface area contributed by atoms with Crippen molar-refractivity contribution in [2.75, 3.05) is 18.5 Å². The van der Waals surface area contributed by atoms with Crippen molar-refractivity contribution in [1.82, 2.24) is 0 Å². The Labute approximate surface area is 186 Å². The fraction of sp³-hybridized carbons (Fsp3) is 0.154. The topological polar surface area (TPSA) is 64.6 Å². The summed E-state index contributed by atoms with van der Waals surface area (Å²) in [4.78, 5) is 24.5. The van der Waals surface area contributed by atoms with Crippen LogP contribution in [0.3, 0.4) is 0 Å². The molecule has 6 heteroatoms. The summed E-state index contributed by atoms with van der Waals surface area (Å²) in [5.41, 5.74) is 2.81. The summed E-state index contributed by atoms with van der Waals surface area (Å²) >= 11 is 0. The van der Waals surface area contributed by atoms with Gasteiger partial charge in [-0.25, -0.2) is 4.39 Å². The van der Waals surface area contributed by atoms with E-state index in [9.17, 15) is 14.0 Å². The third kappa shape index (κ3) is 6.28. The van der Waals surface area contributed by atoms with Crippen LogP contribution < -0.4 is 14.8 Å². The number of nitrogens with one attached hydrogen (secondary N) is 1. The third-order valence-electron chi connectivity index (χ3n) is 4.60. The summed E-state index contributed by atoms with van der Waals surface area (Å²) < 4.78 is 24.3. The number of ether oxygens (including phenoxy) is 2. The van der Waals surface area contributed by atoms with Gasteiger partial charge in [-0.3, -0.25) is 9.59 Å². The zero-order valence-corrected chi connectivity index (χ0v) is 17.9. The Morgan fingerprint density at radius 2 is 1.72 bits per heavy atom. The Morgan fingerprint density at radius 1 is 0.969 bits per heavy atom. The lowest BCUT2D eigenvalue weighted by molar-refractivity contribution is -0.118. The summed E-state index contributed by atoms with van der Waals surface area (Å²) in [5, 5.41) is 2.82. The third-order valence-corrected chi connectivity index (χ3v) is 4.60. The van der Waals surface area contributed by atoms with Crippen molar-refractivity contribution in [3.63, 3.8) is 0 Å². The van der Waals surface area contributed by atoms with Crippen molar-refractivity contribution in [2.45, 2.75) is 13.8 Å². The van der Waals surface area contributed by atoms with Gasteiger partial charge < -0.3 is 14.8 Å². The molecule has 0 unspecified atom stereocenters. The molecular formula is C26H24FNO4. The lowest BCUT2D eigenvalue weighted by Crippen LogP contribution is -2.20. The molecule has 0 radical (unpaired) electrons. The SMILES string of the molecule is CCOc1cc(/C=C/C(=O)c2ccc(F)cc2)ccc1OCC(=O)Nc1ccccc1C. The number of benzene rings is 3. The molecule has 0 saturated heterocycles. The minimum absolute atomic E-state index is 0.174. The van der Waals surface area contributed by atoms with E-state index in [1.165, 1.54) is 30.3 Å². The summed E-state index contributed by atoms with van der Waals surface area (Å²) in [6, 6.07) is 18.0. The Hall–Kier alpha value is -3.93. The number of allylic oxidation sites excluding steroid dienone is 1. The van der Waals surface area contributed by atoms with Crippen LogP contribution in [0.15, 0.2) is 72.8 Å². The molecule has 0 aliphatic heterocycles.